The Morgan fingerprint density at radius 3 is 2.75 bits per heavy atom. The minimum absolute atomic E-state index is 0.224. The third kappa shape index (κ3) is 2.70. The molecule has 0 bridgehead atoms. The monoisotopic (exact) mass is 396 g/mol. The summed E-state index contributed by atoms with van der Waals surface area (Å²) in [6.45, 7) is 3.05. The van der Waals surface area contributed by atoms with Crippen LogP contribution >= 0.6 is 0 Å². The number of fused-ring (bicyclic) bond motifs is 2. The molecule has 0 aliphatic carbocycles. The van der Waals surface area contributed by atoms with Gasteiger partial charge in [-0.1, -0.05) is 6.07 Å². The Kier molecular flexibility index (Phi) is 3.95. The molecule has 5 heterocycles. The Balaban J connectivity index is 1.39. The molecule has 0 radical (unpaired) electrons. The van der Waals surface area contributed by atoms with Crippen LogP contribution in [0.3, 0.4) is 0 Å². The molecular weight excluding hydrogens is 376 g/mol. The molecule has 0 unspecified atom stereocenters. The van der Waals surface area contributed by atoms with Gasteiger partial charge in [0, 0.05) is 25.5 Å². The van der Waals surface area contributed by atoms with Gasteiger partial charge in [-0.15, -0.1) is 0 Å². The van der Waals surface area contributed by atoms with E-state index in [1.165, 1.54) is 17.3 Å². The van der Waals surface area contributed by atoms with Gasteiger partial charge in [-0.2, -0.15) is 9.40 Å². The summed E-state index contributed by atoms with van der Waals surface area (Å²) < 4.78 is 31.3. The van der Waals surface area contributed by atoms with Gasteiger partial charge in [0.15, 0.2) is 10.7 Å². The molecule has 1 saturated heterocycles. The maximum absolute atomic E-state index is 13.2. The lowest BCUT2D eigenvalue weighted by Crippen LogP contribution is -2.38. The zero-order valence-corrected chi connectivity index (χ0v) is 16.2. The second-order valence-electron chi connectivity index (χ2n) is 7.18. The number of aromatic nitrogens is 5. The zero-order chi connectivity index (χ0) is 19.3. The Hall–Kier alpha value is -2.78. The predicted octanol–water partition coefficient (Wildman–Crippen LogP) is 2.25. The van der Waals surface area contributed by atoms with E-state index in [4.69, 9.17) is 0 Å². The average molecular weight is 396 g/mol. The van der Waals surface area contributed by atoms with Crippen LogP contribution in [-0.4, -0.2) is 49.8 Å². The highest BCUT2D eigenvalue weighted by Gasteiger charge is 2.32. The van der Waals surface area contributed by atoms with Crippen molar-refractivity contribution in [2.24, 2.45) is 0 Å². The lowest BCUT2D eigenvalue weighted by atomic mass is 9.89. The molecule has 0 saturated carbocycles. The van der Waals surface area contributed by atoms with Crippen LogP contribution in [0, 0.1) is 6.92 Å². The van der Waals surface area contributed by atoms with Gasteiger partial charge in [0.1, 0.15) is 12.0 Å². The van der Waals surface area contributed by atoms with Gasteiger partial charge in [0.05, 0.1) is 6.20 Å². The molecule has 144 valence electrons. The van der Waals surface area contributed by atoms with Crippen molar-refractivity contribution in [3.63, 3.8) is 0 Å². The number of hydrogen-bond acceptors (Lipinski definition) is 5. The minimum atomic E-state index is -3.58. The van der Waals surface area contributed by atoms with Crippen LogP contribution in [0.2, 0.25) is 0 Å². The molecule has 0 atom stereocenters. The largest absolute Gasteiger partial charge is 0.289 e. The van der Waals surface area contributed by atoms with Crippen molar-refractivity contribution in [2.45, 2.75) is 30.7 Å². The number of pyridine rings is 2. The van der Waals surface area contributed by atoms with Gasteiger partial charge in [-0.25, -0.2) is 22.9 Å². The second kappa shape index (κ2) is 6.39. The first-order chi connectivity index (χ1) is 13.5. The minimum Gasteiger partial charge on any atom is -0.289 e. The number of nitrogens with zero attached hydrogens (tertiary/aromatic N) is 6. The fourth-order valence-corrected chi connectivity index (χ4v) is 5.58. The molecule has 0 amide bonds. The van der Waals surface area contributed by atoms with Crippen LogP contribution in [0.15, 0.2) is 54.2 Å². The van der Waals surface area contributed by atoms with Gasteiger partial charge < -0.3 is 0 Å². The van der Waals surface area contributed by atoms with Crippen molar-refractivity contribution in [1.29, 1.82) is 0 Å². The Morgan fingerprint density at radius 1 is 1.11 bits per heavy atom. The summed E-state index contributed by atoms with van der Waals surface area (Å²) in [7, 11) is -3.58. The summed E-state index contributed by atoms with van der Waals surface area (Å²) in [5.41, 5.74) is 3.84. The van der Waals surface area contributed by atoms with Gasteiger partial charge in [-0.05, 0) is 55.0 Å². The zero-order valence-electron chi connectivity index (χ0n) is 15.4. The molecule has 28 heavy (non-hydrogen) atoms. The number of rotatable bonds is 3. The molecule has 0 spiro atoms. The van der Waals surface area contributed by atoms with E-state index in [2.05, 4.69) is 22.0 Å². The van der Waals surface area contributed by atoms with E-state index in [1.807, 2.05) is 24.4 Å². The third-order valence-electron chi connectivity index (χ3n) is 5.54. The summed E-state index contributed by atoms with van der Waals surface area (Å²) >= 11 is 0. The Labute approximate surface area is 162 Å². The SMILES string of the molecule is Cc1cc2ncnn2cc1C1CCN(S(=O)(=O)c2cnc3ccccn23)CC1. The summed E-state index contributed by atoms with van der Waals surface area (Å²) in [6.07, 6.45) is 8.30. The van der Waals surface area contributed by atoms with Crippen molar-refractivity contribution in [3.8, 4) is 0 Å². The topological polar surface area (TPSA) is 84.9 Å². The lowest BCUT2D eigenvalue weighted by Gasteiger charge is -2.31. The number of aryl methyl sites for hydroxylation is 1. The Bertz CT molecular complexity index is 1270. The second-order valence-corrected chi connectivity index (χ2v) is 9.06. The van der Waals surface area contributed by atoms with Crippen LogP contribution < -0.4 is 0 Å². The summed E-state index contributed by atoms with van der Waals surface area (Å²) in [5.74, 6) is 0.308. The van der Waals surface area contributed by atoms with Crippen molar-refractivity contribution < 1.29 is 8.42 Å². The fraction of sp³-hybridized carbons (Fsp3) is 0.316. The van der Waals surface area contributed by atoms with Crippen LogP contribution in [0.5, 0.6) is 0 Å². The third-order valence-corrected chi connectivity index (χ3v) is 7.42. The number of hydrogen-bond donors (Lipinski definition) is 0. The van der Waals surface area contributed by atoms with E-state index in [0.717, 1.165) is 18.5 Å². The highest BCUT2D eigenvalue weighted by Crippen LogP contribution is 2.32. The van der Waals surface area contributed by atoms with Crippen molar-refractivity contribution in [1.82, 2.24) is 28.3 Å². The number of sulfonamides is 1. The summed E-state index contributed by atoms with van der Waals surface area (Å²) in [6, 6.07) is 7.49. The van der Waals surface area contributed by atoms with Crippen LogP contribution in [0.25, 0.3) is 11.3 Å². The molecule has 0 aromatic carbocycles. The van der Waals surface area contributed by atoms with Crippen molar-refractivity contribution in [2.75, 3.05) is 13.1 Å². The van der Waals surface area contributed by atoms with Gasteiger partial charge >= 0.3 is 0 Å². The molecule has 1 aliphatic rings. The quantitative estimate of drug-likeness (QED) is 0.530. The number of imidazole rings is 1. The fourth-order valence-electron chi connectivity index (χ4n) is 4.04. The molecular formula is C19H20N6O2S. The highest BCUT2D eigenvalue weighted by molar-refractivity contribution is 7.89. The van der Waals surface area contributed by atoms with Crippen LogP contribution in [0.4, 0.5) is 0 Å². The predicted molar refractivity (Wildman–Crippen MR) is 104 cm³/mol. The van der Waals surface area contributed by atoms with E-state index in [-0.39, 0.29) is 5.03 Å². The summed E-state index contributed by atoms with van der Waals surface area (Å²) in [5, 5.41) is 4.45. The number of piperidine rings is 1. The van der Waals surface area contributed by atoms with Crippen molar-refractivity contribution in [3.05, 3.63) is 60.3 Å². The van der Waals surface area contributed by atoms with Gasteiger partial charge in [-0.3, -0.25) is 4.40 Å². The van der Waals surface area contributed by atoms with E-state index < -0.39 is 10.0 Å². The van der Waals surface area contributed by atoms with E-state index in [1.54, 1.807) is 31.8 Å². The van der Waals surface area contributed by atoms with E-state index >= 15 is 0 Å². The van der Waals surface area contributed by atoms with Crippen LogP contribution in [0.1, 0.15) is 29.9 Å². The van der Waals surface area contributed by atoms with Gasteiger partial charge in [0.25, 0.3) is 10.0 Å². The first-order valence-electron chi connectivity index (χ1n) is 9.26. The molecule has 4 aromatic heterocycles. The summed E-state index contributed by atoms with van der Waals surface area (Å²) in [4.78, 5) is 8.44. The van der Waals surface area contributed by atoms with E-state index in [9.17, 15) is 8.42 Å². The molecule has 8 nitrogen and oxygen atoms in total. The average Bonchev–Trinajstić information content (AvgIpc) is 3.34. The Morgan fingerprint density at radius 2 is 1.93 bits per heavy atom. The van der Waals surface area contributed by atoms with Gasteiger partial charge in [0.2, 0.25) is 0 Å². The van der Waals surface area contributed by atoms with E-state index in [0.29, 0.717) is 24.7 Å². The van der Waals surface area contributed by atoms with Crippen LogP contribution in [-0.2, 0) is 10.0 Å². The molecule has 1 fully saturated rings. The molecule has 1 aliphatic heterocycles. The first-order valence-corrected chi connectivity index (χ1v) is 10.7. The molecule has 9 heteroatoms. The normalized spacial score (nSPS) is 16.9. The molecule has 0 N–H and O–H groups in total. The molecule has 5 rings (SSSR count). The lowest BCUT2D eigenvalue weighted by molar-refractivity contribution is 0.317. The maximum Gasteiger partial charge on any atom is 0.260 e. The highest BCUT2D eigenvalue weighted by atomic mass is 32.2. The maximum atomic E-state index is 13.2. The standard InChI is InChI=1S/C19H20N6O2S/c1-14-10-18-21-13-22-25(18)12-16(14)15-5-8-23(9-6-15)28(26,27)19-11-20-17-4-2-3-7-24(17)19/h2-4,7,10-13,15H,5-6,8-9H2,1H3. The first kappa shape index (κ1) is 17.3. The smallest absolute Gasteiger partial charge is 0.260 e. The molecule has 4 aromatic rings. The van der Waals surface area contributed by atoms with Crippen molar-refractivity contribution >= 4 is 21.3 Å².